The van der Waals surface area contributed by atoms with Gasteiger partial charge < -0.3 is 14.2 Å². The number of carbonyl (C=O) groups is 3. The first-order valence-corrected chi connectivity index (χ1v) is 28.0. The smallest absolute Gasteiger partial charge is 0.306 e. The third-order valence-corrected chi connectivity index (χ3v) is 11.5. The van der Waals surface area contributed by atoms with Gasteiger partial charge in [0.2, 0.25) is 0 Å². The van der Waals surface area contributed by atoms with Crippen LogP contribution in [0.1, 0.15) is 239 Å². The lowest BCUT2D eigenvalue weighted by Crippen LogP contribution is -2.30. The molecule has 1 unspecified atom stereocenters. The molecule has 0 aromatic rings. The predicted molar refractivity (Wildman–Crippen MR) is 297 cm³/mol. The molecule has 0 heterocycles. The minimum Gasteiger partial charge on any atom is -0.462 e. The van der Waals surface area contributed by atoms with Gasteiger partial charge in [0.25, 0.3) is 0 Å². The van der Waals surface area contributed by atoms with Gasteiger partial charge >= 0.3 is 17.9 Å². The van der Waals surface area contributed by atoms with Crippen molar-refractivity contribution >= 4 is 17.9 Å². The van der Waals surface area contributed by atoms with E-state index in [1.165, 1.54) is 89.9 Å². The largest absolute Gasteiger partial charge is 0.462 e. The first kappa shape index (κ1) is 64.8. The van der Waals surface area contributed by atoms with Crippen LogP contribution in [-0.2, 0) is 28.6 Å². The second-order valence-corrected chi connectivity index (χ2v) is 18.1. The van der Waals surface area contributed by atoms with Crippen LogP contribution in [-0.4, -0.2) is 37.2 Å². The van der Waals surface area contributed by atoms with Gasteiger partial charge in [-0.15, -0.1) is 0 Å². The lowest BCUT2D eigenvalue weighted by molar-refractivity contribution is -0.166. The monoisotopic (exact) mass is 955 g/mol. The van der Waals surface area contributed by atoms with Crippen LogP contribution in [0.15, 0.2) is 122 Å². The summed E-state index contributed by atoms with van der Waals surface area (Å²) in [4.78, 5) is 37.9. The Morgan fingerprint density at radius 2 is 0.594 bits per heavy atom. The van der Waals surface area contributed by atoms with Crippen LogP contribution in [0, 0.1) is 0 Å². The Hall–Kier alpha value is -4.19. The van der Waals surface area contributed by atoms with Crippen molar-refractivity contribution in [1.29, 1.82) is 0 Å². The number of allylic oxidation sites excluding steroid dienone is 20. The van der Waals surface area contributed by atoms with Gasteiger partial charge in [-0.05, 0) is 96.3 Å². The summed E-state index contributed by atoms with van der Waals surface area (Å²) < 4.78 is 16.7. The number of carbonyl (C=O) groups excluding carboxylic acids is 3. The van der Waals surface area contributed by atoms with E-state index in [1.807, 2.05) is 12.2 Å². The second kappa shape index (κ2) is 56.4. The molecule has 0 amide bonds. The lowest BCUT2D eigenvalue weighted by atomic mass is 10.0. The summed E-state index contributed by atoms with van der Waals surface area (Å²) in [7, 11) is 0. The van der Waals surface area contributed by atoms with E-state index in [4.69, 9.17) is 14.2 Å². The molecular weight excluding hydrogens is 853 g/mol. The standard InChI is InChI=1S/C63H102O6/c1-4-7-10-13-16-18-20-22-24-26-28-29-30-31-32-33-35-36-38-40-42-44-47-50-53-56-62(65)68-59-60(58-67-61(64)55-52-49-46-15-12-9-6-3)69-63(66)57-54-51-48-45-43-41-39-37-34-27-25-23-21-19-17-14-11-8-5-2/h7-8,10-11,16-19,22-25,28-29,34,37,41,43,48,51,60H,4-6,9,12-15,20-21,26-27,30-33,35-36,38-40,42,44-47,49-50,52-59H2,1-3H3/b10-7-,11-8-,18-16-,19-17-,24-22-,25-23-,29-28-,37-34-,43-41-,51-48-. The maximum absolute atomic E-state index is 12.8. The Bertz CT molecular complexity index is 1470. The van der Waals surface area contributed by atoms with Crippen LogP contribution in [0.5, 0.6) is 0 Å². The molecule has 0 aromatic carbocycles. The molecule has 0 bridgehead atoms. The third kappa shape index (κ3) is 54.6. The number of unbranched alkanes of at least 4 members (excludes halogenated alkanes) is 18. The summed E-state index contributed by atoms with van der Waals surface area (Å²) in [5, 5.41) is 0. The summed E-state index contributed by atoms with van der Waals surface area (Å²) in [6.45, 7) is 6.30. The minimum atomic E-state index is -0.819. The maximum Gasteiger partial charge on any atom is 0.306 e. The summed E-state index contributed by atoms with van der Waals surface area (Å²) in [6, 6.07) is 0. The Morgan fingerprint density at radius 3 is 0.942 bits per heavy atom. The van der Waals surface area contributed by atoms with Gasteiger partial charge in [-0.25, -0.2) is 0 Å². The van der Waals surface area contributed by atoms with Gasteiger partial charge in [-0.1, -0.05) is 245 Å². The van der Waals surface area contributed by atoms with E-state index < -0.39 is 12.1 Å². The van der Waals surface area contributed by atoms with E-state index in [2.05, 4.69) is 130 Å². The van der Waals surface area contributed by atoms with E-state index in [0.29, 0.717) is 19.3 Å². The van der Waals surface area contributed by atoms with Crippen molar-refractivity contribution in [1.82, 2.24) is 0 Å². The van der Waals surface area contributed by atoms with Gasteiger partial charge in [0.15, 0.2) is 6.10 Å². The maximum atomic E-state index is 12.8. The highest BCUT2D eigenvalue weighted by atomic mass is 16.6. The van der Waals surface area contributed by atoms with Crippen LogP contribution in [0.4, 0.5) is 0 Å². The Morgan fingerprint density at radius 1 is 0.304 bits per heavy atom. The number of hydrogen-bond acceptors (Lipinski definition) is 6. The molecule has 0 N–H and O–H groups in total. The van der Waals surface area contributed by atoms with Gasteiger partial charge in [0, 0.05) is 19.3 Å². The highest BCUT2D eigenvalue weighted by Crippen LogP contribution is 2.14. The minimum absolute atomic E-state index is 0.110. The zero-order chi connectivity index (χ0) is 50.0. The van der Waals surface area contributed by atoms with Crippen molar-refractivity contribution in [2.24, 2.45) is 0 Å². The highest BCUT2D eigenvalue weighted by molar-refractivity contribution is 5.71. The number of hydrogen-bond donors (Lipinski definition) is 0. The summed E-state index contributed by atoms with van der Waals surface area (Å²) in [5.41, 5.74) is 0. The van der Waals surface area contributed by atoms with Crippen LogP contribution in [0.25, 0.3) is 0 Å². The van der Waals surface area contributed by atoms with Crippen LogP contribution in [0.3, 0.4) is 0 Å². The van der Waals surface area contributed by atoms with E-state index in [1.54, 1.807) is 0 Å². The molecule has 0 fully saturated rings. The fraction of sp³-hybridized carbons (Fsp3) is 0.635. The van der Waals surface area contributed by atoms with Crippen LogP contribution in [0.2, 0.25) is 0 Å². The molecule has 0 aromatic heterocycles. The lowest BCUT2D eigenvalue weighted by Gasteiger charge is -2.18. The van der Waals surface area contributed by atoms with Crippen molar-refractivity contribution in [2.45, 2.75) is 245 Å². The van der Waals surface area contributed by atoms with E-state index >= 15 is 0 Å². The molecule has 1 atom stereocenters. The van der Waals surface area contributed by atoms with Crippen LogP contribution < -0.4 is 0 Å². The molecule has 0 radical (unpaired) electrons. The van der Waals surface area contributed by atoms with Gasteiger partial charge in [-0.2, -0.15) is 0 Å². The molecule has 0 saturated carbocycles. The van der Waals surface area contributed by atoms with Crippen molar-refractivity contribution in [3.8, 4) is 0 Å². The van der Waals surface area contributed by atoms with Gasteiger partial charge in [0.05, 0.1) is 0 Å². The Labute approximate surface area is 424 Å². The summed E-state index contributed by atoms with van der Waals surface area (Å²) in [5.74, 6) is -1.01. The van der Waals surface area contributed by atoms with Crippen molar-refractivity contribution < 1.29 is 28.6 Å². The molecule has 6 heteroatoms. The molecule has 6 nitrogen and oxygen atoms in total. The summed E-state index contributed by atoms with van der Waals surface area (Å²) >= 11 is 0. The Kier molecular flexibility index (Phi) is 53.0. The molecule has 0 aliphatic carbocycles. The zero-order valence-corrected chi connectivity index (χ0v) is 44.5. The topological polar surface area (TPSA) is 78.9 Å². The van der Waals surface area contributed by atoms with Gasteiger partial charge in [-0.3, -0.25) is 14.4 Å². The average Bonchev–Trinajstić information content (AvgIpc) is 3.35. The predicted octanol–water partition coefficient (Wildman–Crippen LogP) is 18.9. The van der Waals surface area contributed by atoms with Crippen molar-refractivity contribution in [3.63, 3.8) is 0 Å². The fourth-order valence-electron chi connectivity index (χ4n) is 7.34. The highest BCUT2D eigenvalue weighted by Gasteiger charge is 2.19. The van der Waals surface area contributed by atoms with E-state index in [-0.39, 0.29) is 31.6 Å². The molecule has 69 heavy (non-hydrogen) atoms. The molecule has 0 spiro atoms. The zero-order valence-electron chi connectivity index (χ0n) is 44.5. The Balaban J connectivity index is 4.29. The first-order valence-electron chi connectivity index (χ1n) is 28.0. The first-order chi connectivity index (χ1) is 34.0. The SMILES string of the molecule is CC/C=C\C/C=C\C/C=C\C/C=C\C/C=C\C/C=C\CCC(=O)OC(COC(=O)CCCCCCCCC)COC(=O)CCCCCCCCCCCCCC/C=C\C/C=C\C/C=C\C/C=C\CC. The molecule has 0 aliphatic heterocycles. The third-order valence-electron chi connectivity index (χ3n) is 11.5. The number of esters is 3. The van der Waals surface area contributed by atoms with Crippen molar-refractivity contribution in [3.05, 3.63) is 122 Å². The normalized spacial score (nSPS) is 13.0. The molecule has 0 aliphatic rings. The number of rotatable bonds is 49. The van der Waals surface area contributed by atoms with E-state index in [0.717, 1.165) is 103 Å². The average molecular weight is 956 g/mol. The van der Waals surface area contributed by atoms with Crippen molar-refractivity contribution in [2.75, 3.05) is 13.2 Å². The molecule has 390 valence electrons. The van der Waals surface area contributed by atoms with Gasteiger partial charge in [0.1, 0.15) is 13.2 Å². The quantitative estimate of drug-likeness (QED) is 0.0262. The summed E-state index contributed by atoms with van der Waals surface area (Å²) in [6.07, 6.45) is 78.0. The second-order valence-electron chi connectivity index (χ2n) is 18.1. The molecule has 0 rings (SSSR count). The van der Waals surface area contributed by atoms with E-state index in [9.17, 15) is 14.4 Å². The molecule has 0 saturated heterocycles. The molecular formula is C63H102O6. The van der Waals surface area contributed by atoms with Crippen LogP contribution >= 0.6 is 0 Å². The number of ether oxygens (including phenoxy) is 3. The fourth-order valence-corrected chi connectivity index (χ4v) is 7.34.